The summed E-state index contributed by atoms with van der Waals surface area (Å²) in [5, 5.41) is 6.45. The summed E-state index contributed by atoms with van der Waals surface area (Å²) in [5.74, 6) is -0.169. The first-order chi connectivity index (χ1) is 14.2. The Kier molecular flexibility index (Phi) is 6.14. The summed E-state index contributed by atoms with van der Waals surface area (Å²) in [4.78, 5) is 12.4. The van der Waals surface area contributed by atoms with Gasteiger partial charge in [0.25, 0.3) is 5.91 Å². The fourth-order valence-corrected chi connectivity index (χ4v) is 3.72. The third-order valence-corrected chi connectivity index (χ3v) is 5.30. The van der Waals surface area contributed by atoms with E-state index in [1.54, 1.807) is 6.21 Å². The van der Waals surface area contributed by atoms with Gasteiger partial charge < -0.3 is 0 Å². The number of rotatable bonds is 5. The number of hydrazone groups is 1. The average molecular weight is 449 g/mol. The average Bonchev–Trinajstić information content (AvgIpc) is 3.24. The topological polar surface area (TPSA) is 65.5 Å². The number of hydrogen-bond donors (Lipinski definition) is 3. The highest BCUT2D eigenvalue weighted by molar-refractivity contribution is 9.12. The second kappa shape index (κ2) is 9.13. The molecule has 0 aliphatic carbocycles. The minimum Gasteiger partial charge on any atom is -0.271 e. The van der Waals surface area contributed by atoms with Crippen LogP contribution in [0.5, 0.6) is 0 Å². The van der Waals surface area contributed by atoms with Crippen LogP contribution in [-0.4, -0.2) is 18.2 Å². The quantitative estimate of drug-likeness (QED) is 0.402. The second-order valence-corrected chi connectivity index (χ2v) is 7.83. The summed E-state index contributed by atoms with van der Waals surface area (Å²) in [7, 11) is 0. The van der Waals surface area contributed by atoms with Crippen molar-refractivity contribution < 1.29 is 4.79 Å². The molecule has 2 atom stereocenters. The number of nitrogens with zero attached hydrogens (tertiary/aromatic N) is 1. The Balaban J connectivity index is 1.33. The molecule has 3 aromatic carbocycles. The van der Waals surface area contributed by atoms with Crippen molar-refractivity contribution in [2.24, 2.45) is 5.10 Å². The number of carbonyl (C=O) groups is 1. The Morgan fingerprint density at radius 3 is 2.59 bits per heavy atom. The normalized spacial score (nSPS) is 19.7. The Morgan fingerprint density at radius 2 is 1.76 bits per heavy atom. The molecule has 1 amide bonds. The second-order valence-electron chi connectivity index (χ2n) is 6.91. The number of halogens is 1. The van der Waals surface area contributed by atoms with Gasteiger partial charge in [0, 0.05) is 10.5 Å². The predicted octanol–water partition coefficient (Wildman–Crippen LogP) is 4.29. The fourth-order valence-electron chi connectivity index (χ4n) is 3.35. The number of benzene rings is 3. The highest BCUT2D eigenvalue weighted by Crippen LogP contribution is 2.25. The van der Waals surface area contributed by atoms with Crippen LogP contribution in [0.2, 0.25) is 0 Å². The SMILES string of the molecule is O=C(N/N=C/C(Br)=C/c1ccccc1)C1CC(c2ccc3ccccc3c2)NN1. The van der Waals surface area contributed by atoms with Gasteiger partial charge in [-0.15, -0.1) is 0 Å². The molecule has 3 N–H and O–H groups in total. The first-order valence-electron chi connectivity index (χ1n) is 9.44. The van der Waals surface area contributed by atoms with Gasteiger partial charge in [-0.05, 0) is 56.4 Å². The lowest BCUT2D eigenvalue weighted by Crippen LogP contribution is -2.41. The van der Waals surface area contributed by atoms with E-state index in [1.807, 2.05) is 48.5 Å². The lowest BCUT2D eigenvalue weighted by molar-refractivity contribution is -0.122. The summed E-state index contributed by atoms with van der Waals surface area (Å²) >= 11 is 3.44. The molecule has 2 unspecified atom stereocenters. The molecule has 1 aliphatic rings. The molecular weight excluding hydrogens is 428 g/mol. The third kappa shape index (κ3) is 4.98. The van der Waals surface area contributed by atoms with E-state index in [0.29, 0.717) is 6.42 Å². The van der Waals surface area contributed by atoms with Gasteiger partial charge in [0.1, 0.15) is 6.04 Å². The number of hydrogen-bond acceptors (Lipinski definition) is 4. The molecule has 1 heterocycles. The first kappa shape index (κ1) is 19.5. The first-order valence-corrected chi connectivity index (χ1v) is 10.2. The largest absolute Gasteiger partial charge is 0.271 e. The molecular formula is C23H21BrN4O. The zero-order valence-corrected chi connectivity index (χ0v) is 17.3. The molecule has 4 rings (SSSR count). The Bertz CT molecular complexity index is 1060. The molecule has 146 valence electrons. The highest BCUT2D eigenvalue weighted by Gasteiger charge is 2.30. The van der Waals surface area contributed by atoms with Gasteiger partial charge in [0.2, 0.25) is 0 Å². The number of allylic oxidation sites excluding steroid dienone is 1. The third-order valence-electron chi connectivity index (χ3n) is 4.86. The van der Waals surface area contributed by atoms with Crippen molar-refractivity contribution >= 4 is 44.9 Å². The molecule has 5 nitrogen and oxygen atoms in total. The van der Waals surface area contributed by atoms with Crippen LogP contribution in [0.4, 0.5) is 0 Å². The van der Waals surface area contributed by atoms with Crippen molar-refractivity contribution in [3.63, 3.8) is 0 Å². The smallest absolute Gasteiger partial charge is 0.258 e. The maximum atomic E-state index is 12.4. The van der Waals surface area contributed by atoms with E-state index in [2.05, 4.69) is 67.6 Å². The summed E-state index contributed by atoms with van der Waals surface area (Å²) in [6, 6.07) is 24.3. The summed E-state index contributed by atoms with van der Waals surface area (Å²) in [6.45, 7) is 0. The van der Waals surface area contributed by atoms with E-state index < -0.39 is 0 Å². The van der Waals surface area contributed by atoms with Crippen LogP contribution in [0.1, 0.15) is 23.6 Å². The predicted molar refractivity (Wildman–Crippen MR) is 121 cm³/mol. The monoisotopic (exact) mass is 448 g/mol. The van der Waals surface area contributed by atoms with E-state index in [0.717, 1.165) is 15.6 Å². The van der Waals surface area contributed by atoms with Crippen LogP contribution in [-0.2, 0) is 4.79 Å². The summed E-state index contributed by atoms with van der Waals surface area (Å²) in [6.07, 6.45) is 4.16. The summed E-state index contributed by atoms with van der Waals surface area (Å²) < 4.78 is 0.774. The van der Waals surface area contributed by atoms with Crippen molar-refractivity contribution in [2.45, 2.75) is 18.5 Å². The minimum atomic E-state index is -0.347. The standard InChI is InChI=1S/C23H21BrN4O/c24-20(12-16-6-2-1-3-7-16)15-25-28-23(29)22-14-21(26-27-22)19-11-10-17-8-4-5-9-18(17)13-19/h1-13,15,21-22,26-27H,14H2,(H,28,29)/b20-12-,25-15+. The van der Waals surface area contributed by atoms with Crippen molar-refractivity contribution in [3.8, 4) is 0 Å². The molecule has 0 radical (unpaired) electrons. The van der Waals surface area contributed by atoms with Gasteiger partial charge in [-0.25, -0.2) is 16.3 Å². The van der Waals surface area contributed by atoms with Gasteiger partial charge in [-0.2, -0.15) is 5.10 Å². The Hall–Kier alpha value is -2.80. The molecule has 6 heteroatoms. The molecule has 1 fully saturated rings. The molecule has 1 aliphatic heterocycles. The van der Waals surface area contributed by atoms with E-state index >= 15 is 0 Å². The molecule has 29 heavy (non-hydrogen) atoms. The van der Waals surface area contributed by atoms with Crippen molar-refractivity contribution in [1.29, 1.82) is 0 Å². The molecule has 1 saturated heterocycles. The molecule has 0 spiro atoms. The van der Waals surface area contributed by atoms with Crippen LogP contribution < -0.4 is 16.3 Å². The maximum Gasteiger partial charge on any atom is 0.258 e. The molecule has 3 aromatic rings. The maximum absolute atomic E-state index is 12.4. The highest BCUT2D eigenvalue weighted by atomic mass is 79.9. The van der Waals surface area contributed by atoms with Gasteiger partial charge in [-0.1, -0.05) is 66.7 Å². The zero-order chi connectivity index (χ0) is 20.1. The zero-order valence-electron chi connectivity index (χ0n) is 15.7. The number of hydrazine groups is 1. The van der Waals surface area contributed by atoms with Crippen LogP contribution in [0, 0.1) is 0 Å². The minimum absolute atomic E-state index is 0.0732. The van der Waals surface area contributed by atoms with Gasteiger partial charge in [0.05, 0.1) is 6.21 Å². The Labute approximate surface area is 178 Å². The number of fused-ring (bicyclic) bond motifs is 1. The van der Waals surface area contributed by atoms with E-state index in [-0.39, 0.29) is 18.0 Å². The van der Waals surface area contributed by atoms with E-state index in [9.17, 15) is 4.79 Å². The number of amides is 1. The van der Waals surface area contributed by atoms with E-state index in [4.69, 9.17) is 0 Å². The van der Waals surface area contributed by atoms with Crippen LogP contribution >= 0.6 is 15.9 Å². The summed E-state index contributed by atoms with van der Waals surface area (Å²) in [5.41, 5.74) is 11.1. The lowest BCUT2D eigenvalue weighted by Gasteiger charge is -2.10. The van der Waals surface area contributed by atoms with Crippen molar-refractivity contribution in [3.05, 3.63) is 88.4 Å². The van der Waals surface area contributed by atoms with Crippen LogP contribution in [0.3, 0.4) is 0 Å². The molecule has 0 aromatic heterocycles. The van der Waals surface area contributed by atoms with Gasteiger partial charge in [-0.3, -0.25) is 4.79 Å². The van der Waals surface area contributed by atoms with E-state index in [1.165, 1.54) is 10.8 Å². The van der Waals surface area contributed by atoms with Crippen molar-refractivity contribution in [2.75, 3.05) is 0 Å². The Morgan fingerprint density at radius 1 is 1.00 bits per heavy atom. The molecule has 0 bridgehead atoms. The van der Waals surface area contributed by atoms with Crippen LogP contribution in [0.15, 0.2) is 82.4 Å². The van der Waals surface area contributed by atoms with Gasteiger partial charge >= 0.3 is 0 Å². The fraction of sp³-hybridized carbons (Fsp3) is 0.130. The number of nitrogens with one attached hydrogen (secondary N) is 3. The van der Waals surface area contributed by atoms with Gasteiger partial charge in [0.15, 0.2) is 0 Å². The molecule has 0 saturated carbocycles. The lowest BCUT2D eigenvalue weighted by atomic mass is 9.99. The number of carbonyl (C=O) groups excluding carboxylic acids is 1. The van der Waals surface area contributed by atoms with Crippen LogP contribution in [0.25, 0.3) is 16.8 Å². The van der Waals surface area contributed by atoms with Crippen molar-refractivity contribution in [1.82, 2.24) is 16.3 Å².